The zero-order valence-corrected chi connectivity index (χ0v) is 19.9. The number of rotatable bonds is 5. The topological polar surface area (TPSA) is 90.1 Å². The predicted octanol–water partition coefficient (Wildman–Crippen LogP) is 4.29. The Morgan fingerprint density at radius 2 is 1.65 bits per heavy atom. The van der Waals surface area contributed by atoms with Crippen LogP contribution in [-0.2, 0) is 4.79 Å². The molecule has 2 atom stereocenters. The van der Waals surface area contributed by atoms with Crippen molar-refractivity contribution in [2.75, 3.05) is 18.0 Å². The highest BCUT2D eigenvalue weighted by atomic mass is 35.5. The van der Waals surface area contributed by atoms with Crippen LogP contribution in [0.15, 0.2) is 48.8 Å². The molecule has 3 aromatic rings. The van der Waals surface area contributed by atoms with E-state index in [4.69, 9.17) is 11.6 Å². The molecule has 5 rings (SSSR count). The van der Waals surface area contributed by atoms with Crippen molar-refractivity contribution in [3.05, 3.63) is 59.5 Å². The van der Waals surface area contributed by atoms with Crippen LogP contribution in [0.3, 0.4) is 0 Å². The third-order valence-electron chi connectivity index (χ3n) is 7.13. The fourth-order valence-corrected chi connectivity index (χ4v) is 5.38. The van der Waals surface area contributed by atoms with E-state index in [0.717, 1.165) is 68.2 Å². The van der Waals surface area contributed by atoms with Crippen molar-refractivity contribution in [2.45, 2.75) is 50.6 Å². The van der Waals surface area contributed by atoms with Gasteiger partial charge in [-0.2, -0.15) is 0 Å². The fourth-order valence-electron chi connectivity index (χ4n) is 5.20. The molecule has 1 aliphatic carbocycles. The van der Waals surface area contributed by atoms with Crippen LogP contribution in [0.4, 0.5) is 5.69 Å². The van der Waals surface area contributed by atoms with Gasteiger partial charge in [0.05, 0.1) is 0 Å². The van der Waals surface area contributed by atoms with Gasteiger partial charge in [-0.1, -0.05) is 24.4 Å². The number of carbonyl (C=O) groups is 2. The first-order valence-electron chi connectivity index (χ1n) is 12.1. The van der Waals surface area contributed by atoms with E-state index < -0.39 is 0 Å². The molecule has 34 heavy (non-hydrogen) atoms. The molecular weight excluding hydrogens is 450 g/mol. The van der Waals surface area contributed by atoms with Crippen LogP contribution < -0.4 is 15.5 Å². The number of carbonyl (C=O) groups excluding carboxylic acids is 2. The minimum atomic E-state index is -0.149. The van der Waals surface area contributed by atoms with Crippen LogP contribution in [0.2, 0.25) is 5.02 Å². The molecule has 1 aromatic carbocycles. The van der Waals surface area contributed by atoms with E-state index in [1.165, 1.54) is 0 Å². The SMILES string of the molecule is O=C(N[C@@H]1CCCC[C@@H]1NC(=O)C1CCN(c2ccncc2)CC1)c1cc2cc(Cl)ccc2[nH]1. The van der Waals surface area contributed by atoms with Gasteiger partial charge in [-0.3, -0.25) is 14.6 Å². The van der Waals surface area contributed by atoms with Crippen molar-refractivity contribution in [2.24, 2.45) is 5.92 Å². The molecule has 0 spiro atoms. The molecule has 3 heterocycles. The van der Waals surface area contributed by atoms with Gasteiger partial charge in [0.2, 0.25) is 5.91 Å². The number of aromatic amines is 1. The Bertz CT molecular complexity index is 1160. The van der Waals surface area contributed by atoms with E-state index in [9.17, 15) is 9.59 Å². The summed E-state index contributed by atoms with van der Waals surface area (Å²) >= 11 is 6.07. The number of nitrogens with one attached hydrogen (secondary N) is 3. The number of piperidine rings is 1. The number of benzene rings is 1. The molecule has 1 saturated heterocycles. The summed E-state index contributed by atoms with van der Waals surface area (Å²) < 4.78 is 0. The maximum absolute atomic E-state index is 13.1. The summed E-state index contributed by atoms with van der Waals surface area (Å²) in [6.07, 6.45) is 9.11. The summed E-state index contributed by atoms with van der Waals surface area (Å²) in [5.41, 5.74) is 2.54. The lowest BCUT2D eigenvalue weighted by molar-refractivity contribution is -0.126. The van der Waals surface area contributed by atoms with E-state index in [2.05, 4.69) is 25.5 Å². The lowest BCUT2D eigenvalue weighted by Gasteiger charge is -2.36. The number of hydrogen-bond donors (Lipinski definition) is 3. The highest BCUT2D eigenvalue weighted by molar-refractivity contribution is 6.31. The van der Waals surface area contributed by atoms with Gasteiger partial charge in [0, 0.05) is 65.1 Å². The number of halogens is 1. The van der Waals surface area contributed by atoms with Crippen molar-refractivity contribution in [1.29, 1.82) is 0 Å². The molecule has 7 nitrogen and oxygen atoms in total. The molecule has 2 aromatic heterocycles. The van der Waals surface area contributed by atoms with Crippen molar-refractivity contribution >= 4 is 40.0 Å². The van der Waals surface area contributed by atoms with E-state index >= 15 is 0 Å². The van der Waals surface area contributed by atoms with Gasteiger partial charge in [0.25, 0.3) is 5.91 Å². The first kappa shape index (κ1) is 22.7. The summed E-state index contributed by atoms with van der Waals surface area (Å²) in [6, 6.07) is 11.3. The quantitative estimate of drug-likeness (QED) is 0.509. The van der Waals surface area contributed by atoms with Crippen molar-refractivity contribution in [3.63, 3.8) is 0 Å². The molecule has 1 saturated carbocycles. The second-order valence-corrected chi connectivity index (χ2v) is 9.80. The summed E-state index contributed by atoms with van der Waals surface area (Å²) in [6.45, 7) is 1.72. The Morgan fingerprint density at radius 3 is 2.38 bits per heavy atom. The van der Waals surface area contributed by atoms with Gasteiger partial charge in [0.15, 0.2) is 0 Å². The molecule has 0 unspecified atom stereocenters. The number of amides is 2. The summed E-state index contributed by atoms with van der Waals surface area (Å²) in [5.74, 6) is -0.0280. The molecule has 0 bridgehead atoms. The first-order valence-corrected chi connectivity index (χ1v) is 12.5. The van der Waals surface area contributed by atoms with Crippen molar-refractivity contribution < 1.29 is 9.59 Å². The van der Waals surface area contributed by atoms with Gasteiger partial charge in [0.1, 0.15) is 5.69 Å². The van der Waals surface area contributed by atoms with Crippen molar-refractivity contribution in [3.8, 4) is 0 Å². The number of anilines is 1. The van der Waals surface area contributed by atoms with Gasteiger partial charge in [-0.15, -0.1) is 0 Å². The maximum Gasteiger partial charge on any atom is 0.268 e. The van der Waals surface area contributed by atoms with E-state index in [1.807, 2.05) is 30.3 Å². The Hall–Kier alpha value is -3.06. The van der Waals surface area contributed by atoms with Crippen LogP contribution in [0.25, 0.3) is 10.9 Å². The highest BCUT2D eigenvalue weighted by Gasteiger charge is 2.32. The molecule has 2 amide bonds. The Labute approximate surface area is 204 Å². The summed E-state index contributed by atoms with van der Waals surface area (Å²) in [4.78, 5) is 35.6. The lowest BCUT2D eigenvalue weighted by Crippen LogP contribution is -2.55. The molecule has 178 valence electrons. The highest BCUT2D eigenvalue weighted by Crippen LogP contribution is 2.25. The number of H-pyrrole nitrogens is 1. The second-order valence-electron chi connectivity index (χ2n) is 9.36. The average molecular weight is 480 g/mol. The third kappa shape index (κ3) is 5.04. The van der Waals surface area contributed by atoms with Crippen LogP contribution in [-0.4, -0.2) is 47.0 Å². The minimum absolute atomic E-state index is 0.00909. The monoisotopic (exact) mass is 479 g/mol. The average Bonchev–Trinajstić information content (AvgIpc) is 3.29. The fraction of sp³-hybridized carbons (Fsp3) is 0.423. The smallest absolute Gasteiger partial charge is 0.268 e. The Balaban J connectivity index is 1.18. The molecule has 0 radical (unpaired) electrons. The van der Waals surface area contributed by atoms with Gasteiger partial charge < -0.3 is 20.5 Å². The second kappa shape index (κ2) is 10.1. The minimum Gasteiger partial charge on any atom is -0.371 e. The first-order chi connectivity index (χ1) is 16.6. The Kier molecular flexibility index (Phi) is 6.72. The zero-order valence-electron chi connectivity index (χ0n) is 19.1. The zero-order chi connectivity index (χ0) is 23.5. The largest absolute Gasteiger partial charge is 0.371 e. The number of nitrogens with zero attached hydrogens (tertiary/aromatic N) is 2. The molecule has 1 aliphatic heterocycles. The third-order valence-corrected chi connectivity index (χ3v) is 7.37. The van der Waals surface area contributed by atoms with Crippen LogP contribution >= 0.6 is 11.6 Å². The van der Waals surface area contributed by atoms with E-state index in [-0.39, 0.29) is 29.8 Å². The van der Waals surface area contributed by atoms with Crippen LogP contribution in [0.5, 0.6) is 0 Å². The number of hydrogen-bond acceptors (Lipinski definition) is 4. The van der Waals surface area contributed by atoms with Crippen molar-refractivity contribution in [1.82, 2.24) is 20.6 Å². The maximum atomic E-state index is 13.1. The predicted molar refractivity (Wildman–Crippen MR) is 134 cm³/mol. The standard InChI is InChI=1S/C26H30ClN5O2/c27-19-5-6-21-18(15-19)16-24(29-21)26(34)31-23-4-2-1-3-22(23)30-25(33)17-9-13-32(14-10-17)20-7-11-28-12-8-20/h5-8,11-12,15-17,22-23,29H,1-4,9-10,13-14H2,(H,30,33)(H,31,34)/t22-,23+/m0/s1. The lowest BCUT2D eigenvalue weighted by atomic mass is 9.88. The molecule has 8 heteroatoms. The number of fused-ring (bicyclic) bond motifs is 1. The van der Waals surface area contributed by atoms with Gasteiger partial charge >= 0.3 is 0 Å². The number of aromatic nitrogens is 2. The summed E-state index contributed by atoms with van der Waals surface area (Å²) in [7, 11) is 0. The van der Waals surface area contributed by atoms with Crippen LogP contribution in [0.1, 0.15) is 49.0 Å². The van der Waals surface area contributed by atoms with Gasteiger partial charge in [-0.25, -0.2) is 0 Å². The Morgan fingerprint density at radius 1 is 0.941 bits per heavy atom. The molecular formula is C26H30ClN5O2. The normalized spacial score (nSPS) is 21.4. The van der Waals surface area contributed by atoms with Crippen LogP contribution in [0, 0.1) is 5.92 Å². The van der Waals surface area contributed by atoms with E-state index in [0.29, 0.717) is 10.7 Å². The van der Waals surface area contributed by atoms with Gasteiger partial charge in [-0.05, 0) is 62.1 Å². The molecule has 2 fully saturated rings. The molecule has 3 N–H and O–H groups in total. The number of pyridine rings is 1. The molecule has 2 aliphatic rings. The van der Waals surface area contributed by atoms with E-state index in [1.54, 1.807) is 18.5 Å². The summed E-state index contributed by atoms with van der Waals surface area (Å²) in [5, 5.41) is 7.99.